The average molecular weight is 305 g/mol. The van der Waals surface area contributed by atoms with E-state index in [0.717, 1.165) is 27.7 Å². The Hall–Kier alpha value is -2.85. The van der Waals surface area contributed by atoms with Crippen molar-refractivity contribution < 1.29 is 5.11 Å². The minimum Gasteiger partial charge on any atom is -0.396 e. The van der Waals surface area contributed by atoms with Gasteiger partial charge in [-0.25, -0.2) is 4.99 Å². The number of nitrogens with two attached hydrogens (primary N) is 1. The van der Waals surface area contributed by atoms with Crippen LogP contribution in [0.15, 0.2) is 71.7 Å². The van der Waals surface area contributed by atoms with Crippen LogP contribution < -0.4 is 11.1 Å². The van der Waals surface area contributed by atoms with Crippen LogP contribution in [0.1, 0.15) is 5.56 Å². The fourth-order valence-electron chi connectivity index (χ4n) is 2.55. The predicted molar refractivity (Wildman–Crippen MR) is 96.1 cm³/mol. The van der Waals surface area contributed by atoms with Crippen LogP contribution in [0.4, 0.5) is 11.4 Å². The monoisotopic (exact) mass is 305 g/mol. The Balaban J connectivity index is 1.86. The van der Waals surface area contributed by atoms with E-state index in [0.29, 0.717) is 12.4 Å². The van der Waals surface area contributed by atoms with E-state index in [1.54, 1.807) is 0 Å². The number of aliphatic hydroxyl groups is 1. The van der Waals surface area contributed by atoms with E-state index in [4.69, 9.17) is 10.8 Å². The van der Waals surface area contributed by atoms with Crippen LogP contribution in [-0.2, 0) is 6.42 Å². The highest BCUT2D eigenvalue weighted by Crippen LogP contribution is 2.25. The summed E-state index contributed by atoms with van der Waals surface area (Å²) in [4.78, 5) is 4.49. The van der Waals surface area contributed by atoms with Crippen molar-refractivity contribution in [1.82, 2.24) is 0 Å². The Kier molecular flexibility index (Phi) is 4.54. The summed E-state index contributed by atoms with van der Waals surface area (Å²) < 4.78 is 0. The summed E-state index contributed by atoms with van der Waals surface area (Å²) in [5.41, 5.74) is 8.79. The van der Waals surface area contributed by atoms with Gasteiger partial charge in [-0.1, -0.05) is 48.5 Å². The van der Waals surface area contributed by atoms with Crippen molar-refractivity contribution in [3.05, 3.63) is 72.3 Å². The van der Waals surface area contributed by atoms with Gasteiger partial charge < -0.3 is 16.2 Å². The Bertz CT molecular complexity index is 837. The van der Waals surface area contributed by atoms with Crippen LogP contribution in [0.25, 0.3) is 10.8 Å². The van der Waals surface area contributed by atoms with Crippen molar-refractivity contribution in [3.63, 3.8) is 0 Å². The van der Waals surface area contributed by atoms with Crippen LogP contribution in [0, 0.1) is 0 Å². The molecule has 0 saturated carbocycles. The van der Waals surface area contributed by atoms with Crippen molar-refractivity contribution in [3.8, 4) is 0 Å². The number of fused-ring (bicyclic) bond motifs is 1. The lowest BCUT2D eigenvalue weighted by Crippen LogP contribution is -2.22. The van der Waals surface area contributed by atoms with E-state index < -0.39 is 0 Å². The first-order chi connectivity index (χ1) is 11.3. The summed E-state index contributed by atoms with van der Waals surface area (Å²) in [5.74, 6) is 0.336. The number of hydrogen-bond acceptors (Lipinski definition) is 2. The van der Waals surface area contributed by atoms with E-state index in [1.807, 2.05) is 54.6 Å². The smallest absolute Gasteiger partial charge is 0.198 e. The molecular weight excluding hydrogens is 286 g/mol. The summed E-state index contributed by atoms with van der Waals surface area (Å²) in [6.07, 6.45) is 0.621. The van der Waals surface area contributed by atoms with Crippen LogP contribution >= 0.6 is 0 Å². The molecule has 0 radical (unpaired) electrons. The summed E-state index contributed by atoms with van der Waals surface area (Å²) in [5, 5.41) is 14.3. The van der Waals surface area contributed by atoms with Gasteiger partial charge >= 0.3 is 0 Å². The number of guanidine groups is 1. The number of nitrogens with one attached hydrogen (secondary N) is 1. The molecule has 116 valence electrons. The topological polar surface area (TPSA) is 70.6 Å². The lowest BCUT2D eigenvalue weighted by molar-refractivity contribution is 0.299. The first kappa shape index (κ1) is 15.1. The lowest BCUT2D eigenvalue weighted by Gasteiger charge is -2.08. The van der Waals surface area contributed by atoms with E-state index in [1.165, 1.54) is 0 Å². The van der Waals surface area contributed by atoms with Crippen molar-refractivity contribution in [2.45, 2.75) is 6.42 Å². The van der Waals surface area contributed by atoms with Crippen LogP contribution in [0.5, 0.6) is 0 Å². The third-order valence-electron chi connectivity index (χ3n) is 3.61. The van der Waals surface area contributed by atoms with Crippen molar-refractivity contribution in [2.75, 3.05) is 11.9 Å². The van der Waals surface area contributed by atoms with E-state index in [2.05, 4.69) is 22.4 Å². The van der Waals surface area contributed by atoms with Crippen molar-refractivity contribution in [1.29, 1.82) is 0 Å². The normalized spacial score (nSPS) is 11.6. The number of nitrogens with zero attached hydrogens (tertiary/aromatic N) is 1. The Morgan fingerprint density at radius 3 is 2.65 bits per heavy atom. The second-order valence-electron chi connectivity index (χ2n) is 5.29. The third kappa shape index (κ3) is 3.67. The second-order valence-corrected chi connectivity index (χ2v) is 5.29. The molecule has 3 aromatic carbocycles. The van der Waals surface area contributed by atoms with Gasteiger partial charge in [0.1, 0.15) is 0 Å². The van der Waals surface area contributed by atoms with E-state index in [-0.39, 0.29) is 6.61 Å². The number of rotatable bonds is 4. The molecular formula is C19H19N3O. The first-order valence-corrected chi connectivity index (χ1v) is 7.55. The molecule has 3 aromatic rings. The summed E-state index contributed by atoms with van der Waals surface area (Å²) >= 11 is 0. The highest BCUT2D eigenvalue weighted by molar-refractivity contribution is 5.99. The molecule has 4 N–H and O–H groups in total. The van der Waals surface area contributed by atoms with Gasteiger partial charge in [0, 0.05) is 17.7 Å². The molecule has 0 bridgehead atoms. The minimum atomic E-state index is 0.128. The van der Waals surface area contributed by atoms with Gasteiger partial charge in [0.2, 0.25) is 0 Å². The molecule has 0 aromatic heterocycles. The van der Waals surface area contributed by atoms with Crippen LogP contribution in [0.3, 0.4) is 0 Å². The minimum absolute atomic E-state index is 0.128. The fourth-order valence-corrected chi connectivity index (χ4v) is 2.55. The molecule has 0 amide bonds. The van der Waals surface area contributed by atoms with Gasteiger partial charge in [0.05, 0.1) is 5.69 Å². The zero-order valence-corrected chi connectivity index (χ0v) is 12.7. The Morgan fingerprint density at radius 2 is 1.78 bits per heavy atom. The molecule has 4 nitrogen and oxygen atoms in total. The largest absolute Gasteiger partial charge is 0.396 e. The highest BCUT2D eigenvalue weighted by atomic mass is 16.2. The lowest BCUT2D eigenvalue weighted by atomic mass is 10.1. The van der Waals surface area contributed by atoms with Gasteiger partial charge in [0.15, 0.2) is 5.96 Å². The maximum absolute atomic E-state index is 9.02. The molecule has 4 heteroatoms. The fraction of sp³-hybridized carbons (Fsp3) is 0.105. The number of aliphatic hydroxyl groups excluding tert-OH is 1. The molecule has 0 saturated heterocycles. The Labute approximate surface area is 135 Å². The second kappa shape index (κ2) is 6.94. The van der Waals surface area contributed by atoms with Gasteiger partial charge in [-0.3, -0.25) is 0 Å². The van der Waals surface area contributed by atoms with Gasteiger partial charge in [-0.15, -0.1) is 0 Å². The molecule has 0 unspecified atom stereocenters. The summed E-state index contributed by atoms with van der Waals surface area (Å²) in [6.45, 7) is 0.128. The number of aliphatic imine (C=N–C) groups is 1. The quantitative estimate of drug-likeness (QED) is 0.511. The maximum Gasteiger partial charge on any atom is 0.198 e. The van der Waals surface area contributed by atoms with E-state index >= 15 is 0 Å². The van der Waals surface area contributed by atoms with Crippen molar-refractivity contribution in [2.24, 2.45) is 10.7 Å². The molecule has 0 atom stereocenters. The standard InChI is InChI=1S/C19H19N3O/c20-19(21-16-8-3-5-14(13-16)11-12-23)22-18-10-4-7-15-6-1-2-9-17(15)18/h1-10,13,23H,11-12H2,(H3,20,21,22). The number of benzene rings is 3. The zero-order valence-electron chi connectivity index (χ0n) is 12.7. The molecule has 3 rings (SSSR count). The predicted octanol–water partition coefficient (Wildman–Crippen LogP) is 3.43. The van der Waals surface area contributed by atoms with Crippen LogP contribution in [-0.4, -0.2) is 17.7 Å². The third-order valence-corrected chi connectivity index (χ3v) is 3.61. The highest BCUT2D eigenvalue weighted by Gasteiger charge is 2.01. The van der Waals surface area contributed by atoms with Gasteiger partial charge in [-0.05, 0) is 35.6 Å². The molecule has 23 heavy (non-hydrogen) atoms. The zero-order chi connectivity index (χ0) is 16.1. The molecule has 0 heterocycles. The number of anilines is 1. The van der Waals surface area contributed by atoms with E-state index in [9.17, 15) is 0 Å². The average Bonchev–Trinajstić information content (AvgIpc) is 2.56. The SMILES string of the molecule is NC(=Nc1cccc2ccccc12)Nc1cccc(CCO)c1. The molecule has 0 fully saturated rings. The number of hydrogen-bond donors (Lipinski definition) is 3. The van der Waals surface area contributed by atoms with Crippen LogP contribution in [0.2, 0.25) is 0 Å². The molecule has 0 aliphatic rings. The Morgan fingerprint density at radius 1 is 1.00 bits per heavy atom. The summed E-state index contributed by atoms with van der Waals surface area (Å²) in [7, 11) is 0. The van der Waals surface area contributed by atoms with Crippen molar-refractivity contribution >= 4 is 28.1 Å². The molecule has 0 aliphatic carbocycles. The molecule has 0 spiro atoms. The van der Waals surface area contributed by atoms with Gasteiger partial charge in [-0.2, -0.15) is 0 Å². The van der Waals surface area contributed by atoms with Gasteiger partial charge in [0.25, 0.3) is 0 Å². The maximum atomic E-state index is 9.02. The summed E-state index contributed by atoms with van der Waals surface area (Å²) in [6, 6.07) is 21.8. The molecule has 0 aliphatic heterocycles. The first-order valence-electron chi connectivity index (χ1n) is 7.55.